The molecule has 1 aliphatic rings. The highest BCUT2D eigenvalue weighted by atomic mass is 35.5. The van der Waals surface area contributed by atoms with Gasteiger partial charge in [0.15, 0.2) is 0 Å². The minimum atomic E-state index is -0.266. The normalized spacial score (nSPS) is 17.3. The Kier molecular flexibility index (Phi) is 4.49. The van der Waals surface area contributed by atoms with Crippen LogP contribution < -0.4 is 4.90 Å². The van der Waals surface area contributed by atoms with Crippen LogP contribution in [0, 0.1) is 5.82 Å². The van der Waals surface area contributed by atoms with Crippen molar-refractivity contribution >= 4 is 29.3 Å². The minimum Gasteiger partial charge on any atom is -0.306 e. The molecule has 0 aromatic heterocycles. The first-order valence-corrected chi connectivity index (χ1v) is 7.98. The first-order valence-electron chi connectivity index (χ1n) is 7.60. The summed E-state index contributed by atoms with van der Waals surface area (Å²) in [7, 11) is 0. The van der Waals surface area contributed by atoms with E-state index >= 15 is 0 Å². The van der Waals surface area contributed by atoms with E-state index in [0.29, 0.717) is 5.02 Å². The van der Waals surface area contributed by atoms with Gasteiger partial charge in [0.25, 0.3) is 5.91 Å². The fraction of sp³-hybridized carbons (Fsp3) is 0.211. The van der Waals surface area contributed by atoms with Gasteiger partial charge in [-0.15, -0.1) is 0 Å². The molecule has 0 saturated carbocycles. The largest absolute Gasteiger partial charge is 0.306 e. The molecular formula is C19H17ClFNO. The summed E-state index contributed by atoms with van der Waals surface area (Å²) in [5.41, 5.74) is 2.47. The van der Waals surface area contributed by atoms with Gasteiger partial charge in [-0.1, -0.05) is 29.8 Å². The van der Waals surface area contributed by atoms with Gasteiger partial charge in [-0.25, -0.2) is 4.39 Å². The molecule has 1 aliphatic heterocycles. The van der Waals surface area contributed by atoms with Gasteiger partial charge in [0.2, 0.25) is 0 Å². The first kappa shape index (κ1) is 15.8. The summed E-state index contributed by atoms with van der Waals surface area (Å²) in [6.07, 6.45) is 4.85. The fourth-order valence-electron chi connectivity index (χ4n) is 2.91. The molecule has 2 aromatic rings. The van der Waals surface area contributed by atoms with Crippen molar-refractivity contribution < 1.29 is 9.18 Å². The molecule has 118 valence electrons. The van der Waals surface area contributed by atoms with Crippen LogP contribution in [0.3, 0.4) is 0 Å². The minimum absolute atomic E-state index is 0.0800. The lowest BCUT2D eigenvalue weighted by atomic mass is 9.96. The Balaban J connectivity index is 1.89. The topological polar surface area (TPSA) is 20.3 Å². The van der Waals surface area contributed by atoms with Gasteiger partial charge in [0, 0.05) is 22.8 Å². The number of hydrogen-bond donors (Lipinski definition) is 0. The molecule has 0 bridgehead atoms. The standard InChI is InChI=1S/C19H17ClFNO/c1-13-6-7-15-12-16(21)9-10-18(15)22(13)19(23)11-8-14-4-2-3-5-17(14)20/h2-5,8-13H,6-7H2,1H3. The predicted octanol–water partition coefficient (Wildman–Crippen LogP) is 4.86. The van der Waals surface area contributed by atoms with Crippen molar-refractivity contribution in [2.75, 3.05) is 4.90 Å². The van der Waals surface area contributed by atoms with Crippen molar-refractivity contribution in [2.45, 2.75) is 25.8 Å². The molecule has 0 radical (unpaired) electrons. The van der Waals surface area contributed by atoms with Crippen molar-refractivity contribution in [1.82, 2.24) is 0 Å². The van der Waals surface area contributed by atoms with Crippen LogP contribution in [-0.2, 0) is 11.2 Å². The van der Waals surface area contributed by atoms with Crippen LogP contribution >= 0.6 is 11.6 Å². The second-order valence-corrected chi connectivity index (χ2v) is 6.13. The summed E-state index contributed by atoms with van der Waals surface area (Å²) in [5.74, 6) is -0.387. The summed E-state index contributed by atoms with van der Waals surface area (Å²) >= 11 is 6.10. The van der Waals surface area contributed by atoms with Crippen LogP contribution in [0.5, 0.6) is 0 Å². The Morgan fingerprint density at radius 3 is 2.87 bits per heavy atom. The Morgan fingerprint density at radius 1 is 1.30 bits per heavy atom. The van der Waals surface area contributed by atoms with Crippen LogP contribution in [0.15, 0.2) is 48.5 Å². The summed E-state index contributed by atoms with van der Waals surface area (Å²) in [5, 5.41) is 0.603. The third-order valence-electron chi connectivity index (χ3n) is 4.12. The van der Waals surface area contributed by atoms with E-state index in [1.807, 2.05) is 25.1 Å². The van der Waals surface area contributed by atoms with Crippen LogP contribution in [0.1, 0.15) is 24.5 Å². The summed E-state index contributed by atoms with van der Waals surface area (Å²) in [6, 6.07) is 12.0. The maximum atomic E-state index is 13.4. The number of anilines is 1. The Hall–Kier alpha value is -2.13. The van der Waals surface area contributed by atoms with Crippen LogP contribution in [0.4, 0.5) is 10.1 Å². The number of halogens is 2. The van der Waals surface area contributed by atoms with E-state index in [1.165, 1.54) is 18.2 Å². The summed E-state index contributed by atoms with van der Waals surface area (Å²) in [6.45, 7) is 2.01. The van der Waals surface area contributed by atoms with E-state index in [4.69, 9.17) is 11.6 Å². The lowest BCUT2D eigenvalue weighted by Gasteiger charge is -2.34. The lowest BCUT2D eigenvalue weighted by Crippen LogP contribution is -2.41. The van der Waals surface area contributed by atoms with Crippen molar-refractivity contribution in [2.24, 2.45) is 0 Å². The van der Waals surface area contributed by atoms with Gasteiger partial charge < -0.3 is 4.90 Å². The molecule has 0 N–H and O–H groups in total. The first-order chi connectivity index (χ1) is 11.1. The van der Waals surface area contributed by atoms with Gasteiger partial charge in [-0.3, -0.25) is 4.79 Å². The van der Waals surface area contributed by atoms with E-state index in [9.17, 15) is 9.18 Å². The summed E-state index contributed by atoms with van der Waals surface area (Å²) < 4.78 is 13.4. The highest BCUT2D eigenvalue weighted by molar-refractivity contribution is 6.32. The third kappa shape index (κ3) is 3.30. The van der Waals surface area contributed by atoms with Gasteiger partial charge in [-0.2, -0.15) is 0 Å². The van der Waals surface area contributed by atoms with Crippen molar-refractivity contribution in [3.63, 3.8) is 0 Å². The SMILES string of the molecule is CC1CCc2cc(F)ccc2N1C(=O)C=Cc1ccccc1Cl. The average molecular weight is 330 g/mol. The zero-order chi connectivity index (χ0) is 16.4. The molecule has 1 heterocycles. The van der Waals surface area contributed by atoms with Crippen LogP contribution in [-0.4, -0.2) is 11.9 Å². The smallest absolute Gasteiger partial charge is 0.251 e. The van der Waals surface area contributed by atoms with E-state index < -0.39 is 0 Å². The molecule has 1 amide bonds. The highest BCUT2D eigenvalue weighted by Crippen LogP contribution is 2.31. The molecule has 23 heavy (non-hydrogen) atoms. The molecule has 0 fully saturated rings. The molecule has 1 unspecified atom stereocenters. The second-order valence-electron chi connectivity index (χ2n) is 5.72. The molecule has 0 saturated heterocycles. The Bertz CT molecular complexity index is 772. The molecule has 1 atom stereocenters. The van der Waals surface area contributed by atoms with E-state index in [1.54, 1.807) is 23.1 Å². The molecule has 0 aliphatic carbocycles. The highest BCUT2D eigenvalue weighted by Gasteiger charge is 2.27. The van der Waals surface area contributed by atoms with E-state index in [0.717, 1.165) is 29.7 Å². The average Bonchev–Trinajstić information content (AvgIpc) is 2.54. The fourth-order valence-corrected chi connectivity index (χ4v) is 3.11. The number of amides is 1. The zero-order valence-corrected chi connectivity index (χ0v) is 13.6. The van der Waals surface area contributed by atoms with Gasteiger partial charge in [-0.05, 0) is 61.2 Å². The van der Waals surface area contributed by atoms with Crippen LogP contribution in [0.25, 0.3) is 6.08 Å². The number of rotatable bonds is 2. The van der Waals surface area contributed by atoms with Crippen molar-refractivity contribution in [3.05, 3.63) is 70.5 Å². The van der Waals surface area contributed by atoms with E-state index in [2.05, 4.69) is 0 Å². The number of fused-ring (bicyclic) bond motifs is 1. The zero-order valence-electron chi connectivity index (χ0n) is 12.8. The van der Waals surface area contributed by atoms with Gasteiger partial charge >= 0.3 is 0 Å². The Labute approximate surface area is 140 Å². The predicted molar refractivity (Wildman–Crippen MR) is 92.2 cm³/mol. The summed E-state index contributed by atoms with van der Waals surface area (Å²) in [4.78, 5) is 14.4. The maximum Gasteiger partial charge on any atom is 0.251 e. The van der Waals surface area contributed by atoms with Crippen molar-refractivity contribution in [1.29, 1.82) is 0 Å². The maximum absolute atomic E-state index is 13.4. The number of carbonyl (C=O) groups is 1. The monoisotopic (exact) mass is 329 g/mol. The molecule has 0 spiro atoms. The molecule has 2 nitrogen and oxygen atoms in total. The lowest BCUT2D eigenvalue weighted by molar-refractivity contribution is -0.114. The van der Waals surface area contributed by atoms with Crippen molar-refractivity contribution in [3.8, 4) is 0 Å². The molecule has 2 aromatic carbocycles. The number of aryl methyl sites for hydroxylation is 1. The second kappa shape index (κ2) is 6.55. The number of hydrogen-bond acceptors (Lipinski definition) is 1. The number of carbonyl (C=O) groups excluding carboxylic acids is 1. The third-order valence-corrected chi connectivity index (χ3v) is 4.47. The number of benzene rings is 2. The molecule has 4 heteroatoms. The van der Waals surface area contributed by atoms with Gasteiger partial charge in [0.1, 0.15) is 5.82 Å². The van der Waals surface area contributed by atoms with Crippen LogP contribution in [0.2, 0.25) is 5.02 Å². The quantitative estimate of drug-likeness (QED) is 0.720. The van der Waals surface area contributed by atoms with Gasteiger partial charge in [0.05, 0.1) is 0 Å². The number of nitrogens with zero attached hydrogens (tertiary/aromatic N) is 1. The van der Waals surface area contributed by atoms with E-state index in [-0.39, 0.29) is 17.8 Å². The Morgan fingerprint density at radius 2 is 2.09 bits per heavy atom. The molecule has 3 rings (SSSR count). The molecular weight excluding hydrogens is 313 g/mol.